The normalized spacial score (nSPS) is 25.2. The number of hydrogen-bond acceptors (Lipinski definition) is 11. The molecule has 12 nitrogen and oxygen atoms in total. The molecule has 55 heavy (non-hydrogen) atoms. The molecule has 1 saturated carbocycles. The van der Waals surface area contributed by atoms with Crippen molar-refractivity contribution >= 4 is 23.4 Å². The van der Waals surface area contributed by atoms with Gasteiger partial charge in [-0.1, -0.05) is 48.9 Å². The van der Waals surface area contributed by atoms with E-state index in [1.165, 1.54) is 7.11 Å². The Kier molecular flexibility index (Phi) is 14.0. The van der Waals surface area contributed by atoms with Gasteiger partial charge in [0.2, 0.25) is 12.6 Å². The highest BCUT2D eigenvalue weighted by Crippen LogP contribution is 2.62. The van der Waals surface area contributed by atoms with Gasteiger partial charge in [-0.05, 0) is 79.0 Å². The van der Waals surface area contributed by atoms with Gasteiger partial charge in [0.25, 0.3) is 0 Å². The van der Waals surface area contributed by atoms with Gasteiger partial charge in [0.15, 0.2) is 11.5 Å². The van der Waals surface area contributed by atoms with Gasteiger partial charge in [-0.2, -0.15) is 0 Å². The summed E-state index contributed by atoms with van der Waals surface area (Å²) >= 11 is 6.05. The molecule has 4 aliphatic rings. The van der Waals surface area contributed by atoms with E-state index in [4.69, 9.17) is 44.9 Å². The number of carbonyl (C=O) groups is 1. The molecule has 2 aromatic rings. The minimum absolute atomic E-state index is 0.00111. The van der Waals surface area contributed by atoms with Crippen molar-refractivity contribution in [2.45, 2.75) is 69.2 Å². The molecule has 0 aromatic heterocycles. The minimum atomic E-state index is -1.45. The van der Waals surface area contributed by atoms with E-state index in [0.29, 0.717) is 48.2 Å². The highest BCUT2D eigenvalue weighted by atomic mass is 35.5. The summed E-state index contributed by atoms with van der Waals surface area (Å²) in [5.41, 5.74) is 3.34. The number of rotatable bonds is 20. The van der Waals surface area contributed by atoms with Crippen molar-refractivity contribution in [1.29, 1.82) is 0 Å². The number of nitrogens with zero attached hydrogens (tertiary/aromatic N) is 2. The number of ether oxygens (including phenoxy) is 6. The second-order valence-electron chi connectivity index (χ2n) is 14.2. The standard InChI is InChI=1S/C42H53ClN2O10/c1-4-19-50-30-13-15-35-33(24-30)39-31(11-7-9-18-47)29(10-6-8-17-46)23-32-34(44-49-3)25-38(42(55-35,40(32)39)54-20-5-2)45(41(48)51-21-16-43)26-28-12-14-36-37(22-28)53-27-52-36/h4-5,12-15,22-24,29,31,38-40,46-47H,1-2,6-11,16-21,25-27H2,3H3. The van der Waals surface area contributed by atoms with Gasteiger partial charge in [0.1, 0.15) is 37.9 Å². The van der Waals surface area contributed by atoms with Gasteiger partial charge in [-0.25, -0.2) is 4.79 Å². The van der Waals surface area contributed by atoms with Gasteiger partial charge < -0.3 is 43.5 Å². The lowest BCUT2D eigenvalue weighted by Gasteiger charge is -2.59. The number of fused-ring (bicyclic) bond motifs is 3. The van der Waals surface area contributed by atoms with Crippen molar-refractivity contribution in [3.8, 4) is 23.0 Å². The molecule has 0 bridgehead atoms. The van der Waals surface area contributed by atoms with Crippen LogP contribution < -0.4 is 18.9 Å². The highest BCUT2D eigenvalue weighted by Gasteiger charge is 2.65. The quantitative estimate of drug-likeness (QED) is 0.0619. The summed E-state index contributed by atoms with van der Waals surface area (Å²) in [7, 11) is 1.52. The molecular weight excluding hydrogens is 728 g/mol. The van der Waals surface area contributed by atoms with Crippen LogP contribution in [-0.4, -0.2) is 91.6 Å². The summed E-state index contributed by atoms with van der Waals surface area (Å²) in [6, 6.07) is 10.6. The number of aliphatic hydroxyl groups is 2. The van der Waals surface area contributed by atoms with E-state index in [1.54, 1.807) is 17.1 Å². The summed E-state index contributed by atoms with van der Waals surface area (Å²) < 4.78 is 37.4. The van der Waals surface area contributed by atoms with Gasteiger partial charge >= 0.3 is 6.09 Å². The molecule has 2 aliphatic carbocycles. The van der Waals surface area contributed by atoms with Crippen molar-refractivity contribution in [1.82, 2.24) is 4.90 Å². The predicted molar refractivity (Wildman–Crippen MR) is 208 cm³/mol. The fourth-order valence-electron chi connectivity index (χ4n) is 8.75. The summed E-state index contributed by atoms with van der Waals surface area (Å²) in [5.74, 6) is 0.665. The third-order valence-corrected chi connectivity index (χ3v) is 11.1. The molecule has 298 valence electrons. The first-order valence-corrected chi connectivity index (χ1v) is 19.7. The van der Waals surface area contributed by atoms with Crippen LogP contribution in [0.4, 0.5) is 4.79 Å². The van der Waals surface area contributed by atoms with Crippen LogP contribution in [0.1, 0.15) is 62.0 Å². The van der Waals surface area contributed by atoms with Crippen molar-refractivity contribution in [3.05, 3.63) is 84.5 Å². The summed E-state index contributed by atoms with van der Waals surface area (Å²) in [4.78, 5) is 21.6. The maximum atomic E-state index is 14.4. The SMILES string of the molecule is C=CCOc1ccc2c(c1)C1C(CCCCO)C(CCCCO)C=C3C(=NOC)CC(N(Cc4ccc5c(c4)OCO5)C(=O)OCCCl)C(OCC=C)(O2)C31. The fraction of sp³-hybridized carbons (Fsp3) is 0.524. The first kappa shape index (κ1) is 40.4. The number of benzene rings is 2. The van der Waals surface area contributed by atoms with Crippen LogP contribution >= 0.6 is 11.6 Å². The van der Waals surface area contributed by atoms with E-state index in [9.17, 15) is 15.0 Å². The Bertz CT molecular complexity index is 1720. The number of halogens is 1. The molecule has 1 amide bonds. The molecule has 2 N–H and O–H groups in total. The number of unbranched alkanes of at least 4 members (excludes halogenated alkanes) is 2. The van der Waals surface area contributed by atoms with Crippen molar-refractivity contribution in [3.63, 3.8) is 0 Å². The predicted octanol–water partition coefficient (Wildman–Crippen LogP) is 7.12. The summed E-state index contributed by atoms with van der Waals surface area (Å²) in [6.45, 7) is 8.72. The van der Waals surface area contributed by atoms with Crippen LogP contribution in [0.5, 0.6) is 23.0 Å². The minimum Gasteiger partial charge on any atom is -0.490 e. The Labute approximate surface area is 328 Å². The van der Waals surface area contributed by atoms with Gasteiger partial charge in [-0.15, -0.1) is 18.2 Å². The number of hydrogen-bond donors (Lipinski definition) is 2. The van der Waals surface area contributed by atoms with E-state index >= 15 is 0 Å². The molecule has 6 atom stereocenters. The average Bonchev–Trinajstić information content (AvgIpc) is 3.67. The zero-order valence-corrected chi connectivity index (χ0v) is 32.3. The third-order valence-electron chi connectivity index (χ3n) is 10.9. The van der Waals surface area contributed by atoms with Gasteiger partial charge in [0.05, 0.1) is 24.1 Å². The topological polar surface area (TPSA) is 138 Å². The lowest BCUT2D eigenvalue weighted by molar-refractivity contribution is -0.256. The average molecular weight is 781 g/mol. The Morgan fingerprint density at radius 3 is 2.53 bits per heavy atom. The summed E-state index contributed by atoms with van der Waals surface area (Å²) in [5, 5.41) is 24.3. The second kappa shape index (κ2) is 19.1. The summed E-state index contributed by atoms with van der Waals surface area (Å²) in [6.07, 6.45) is 9.93. The van der Waals surface area contributed by atoms with Crippen molar-refractivity contribution < 1.29 is 48.3 Å². The lowest BCUT2D eigenvalue weighted by Crippen LogP contribution is -2.70. The molecule has 0 spiro atoms. The third kappa shape index (κ3) is 8.62. The van der Waals surface area contributed by atoms with Crippen LogP contribution in [0.25, 0.3) is 0 Å². The van der Waals surface area contributed by atoms with Crippen molar-refractivity contribution in [2.24, 2.45) is 22.9 Å². The Hall–Kier alpha value is -4.23. The molecule has 13 heteroatoms. The zero-order valence-electron chi connectivity index (χ0n) is 31.5. The molecule has 1 fully saturated rings. The zero-order chi connectivity index (χ0) is 38.8. The molecule has 2 heterocycles. The Morgan fingerprint density at radius 1 is 1.02 bits per heavy atom. The molecule has 2 aliphatic heterocycles. The highest BCUT2D eigenvalue weighted by molar-refractivity contribution is 6.18. The smallest absolute Gasteiger partial charge is 0.410 e. The maximum absolute atomic E-state index is 14.4. The van der Waals surface area contributed by atoms with E-state index in [1.807, 2.05) is 36.4 Å². The van der Waals surface area contributed by atoms with Crippen LogP contribution in [0, 0.1) is 17.8 Å². The number of alkyl halides is 1. The number of amides is 1. The van der Waals surface area contributed by atoms with E-state index < -0.39 is 23.8 Å². The number of carbonyl (C=O) groups excluding carboxylic acids is 1. The molecular formula is C42H53ClN2O10. The molecule has 6 rings (SSSR count). The first-order chi connectivity index (χ1) is 26.9. The molecule has 0 saturated heterocycles. The monoisotopic (exact) mass is 780 g/mol. The van der Waals surface area contributed by atoms with Gasteiger partial charge in [0, 0.05) is 37.7 Å². The van der Waals surface area contributed by atoms with E-state index in [2.05, 4.69) is 24.4 Å². The first-order valence-electron chi connectivity index (χ1n) is 19.2. The van der Waals surface area contributed by atoms with Crippen LogP contribution in [0.2, 0.25) is 0 Å². The van der Waals surface area contributed by atoms with E-state index in [-0.39, 0.29) is 69.8 Å². The molecule has 2 aromatic carbocycles. The maximum Gasteiger partial charge on any atom is 0.410 e. The van der Waals surface area contributed by atoms with Crippen molar-refractivity contribution in [2.75, 3.05) is 52.8 Å². The van der Waals surface area contributed by atoms with Crippen LogP contribution in [0.3, 0.4) is 0 Å². The fourth-order valence-corrected chi connectivity index (χ4v) is 8.83. The van der Waals surface area contributed by atoms with Crippen LogP contribution in [-0.2, 0) is 20.9 Å². The second-order valence-corrected chi connectivity index (χ2v) is 14.6. The number of allylic oxidation sites excluding steroid dienone is 1. The lowest BCUT2D eigenvalue weighted by atomic mass is 9.55. The van der Waals surface area contributed by atoms with Gasteiger partial charge in [-0.3, -0.25) is 4.90 Å². The number of aliphatic hydroxyl groups excluding tert-OH is 2. The Morgan fingerprint density at radius 2 is 1.78 bits per heavy atom. The van der Waals surface area contributed by atoms with E-state index in [0.717, 1.165) is 42.4 Å². The largest absolute Gasteiger partial charge is 0.490 e. The number of oxime groups is 1. The molecule has 6 unspecified atom stereocenters. The Balaban J connectivity index is 1.57. The van der Waals surface area contributed by atoms with Crippen LogP contribution in [0.15, 0.2) is 78.5 Å². The molecule has 0 radical (unpaired) electrons.